The van der Waals surface area contributed by atoms with E-state index in [9.17, 15) is 0 Å². The number of anilines is 1. The maximum Gasteiger partial charge on any atom is 0.171 e. The summed E-state index contributed by atoms with van der Waals surface area (Å²) in [7, 11) is 0. The van der Waals surface area contributed by atoms with Gasteiger partial charge >= 0.3 is 0 Å². The molecule has 1 N–H and O–H groups in total. The molecule has 0 radical (unpaired) electrons. The highest BCUT2D eigenvalue weighted by molar-refractivity contribution is 9.10. The first-order valence-corrected chi connectivity index (χ1v) is 9.26. The van der Waals surface area contributed by atoms with Crippen LogP contribution in [0.3, 0.4) is 0 Å². The molecule has 0 saturated heterocycles. The minimum Gasteiger partial charge on any atom is -0.370 e. The monoisotopic (exact) mass is 385 g/mol. The Hall–Kier alpha value is -0.650. The van der Waals surface area contributed by atoms with Gasteiger partial charge in [0, 0.05) is 22.3 Å². The normalized spacial score (nSPS) is 14.0. The number of halogens is 2. The van der Waals surface area contributed by atoms with Crippen LogP contribution >= 0.6 is 38.9 Å². The molecule has 6 heteroatoms. The molecule has 3 rings (SSSR count). The fourth-order valence-electron chi connectivity index (χ4n) is 2.55. The summed E-state index contributed by atoms with van der Waals surface area (Å²) >= 11 is 11.1. The fourth-order valence-corrected chi connectivity index (χ4v) is 4.19. The summed E-state index contributed by atoms with van der Waals surface area (Å²) in [4.78, 5) is 10.6. The number of thiophene rings is 1. The van der Waals surface area contributed by atoms with Crippen LogP contribution in [0.5, 0.6) is 0 Å². The van der Waals surface area contributed by atoms with Crippen molar-refractivity contribution in [1.82, 2.24) is 9.97 Å². The Bertz CT molecular complexity index is 637. The molecule has 0 unspecified atom stereocenters. The first-order valence-electron chi connectivity index (χ1n) is 7.28. The first-order chi connectivity index (χ1) is 10.2. The molecule has 0 atom stereocenters. The summed E-state index contributed by atoms with van der Waals surface area (Å²) in [6.07, 6.45) is 5.66. The Morgan fingerprint density at radius 2 is 2.14 bits per heavy atom. The van der Waals surface area contributed by atoms with Crippen molar-refractivity contribution in [3.63, 3.8) is 0 Å². The lowest BCUT2D eigenvalue weighted by Crippen LogP contribution is -2.13. The Balaban J connectivity index is 2.04. The Kier molecular flexibility index (Phi) is 4.82. The highest BCUT2D eigenvalue weighted by atomic mass is 79.9. The van der Waals surface area contributed by atoms with Crippen LogP contribution in [0.25, 0.3) is 10.7 Å². The fraction of sp³-hybridized carbons (Fsp3) is 0.467. The number of hydrogen-bond donors (Lipinski definition) is 1. The van der Waals surface area contributed by atoms with Crippen molar-refractivity contribution in [2.45, 2.75) is 39.0 Å². The molecule has 1 aliphatic carbocycles. The molecule has 0 spiro atoms. The Labute approximate surface area is 142 Å². The molecule has 0 aliphatic heterocycles. The van der Waals surface area contributed by atoms with E-state index in [2.05, 4.69) is 28.2 Å². The van der Waals surface area contributed by atoms with Gasteiger partial charge in [-0.3, -0.25) is 0 Å². The number of aryl methyl sites for hydroxylation is 1. The highest BCUT2D eigenvalue weighted by Crippen LogP contribution is 2.38. The van der Waals surface area contributed by atoms with Gasteiger partial charge in [0.05, 0.1) is 4.88 Å². The molecule has 2 aromatic heterocycles. The average Bonchev–Trinajstić information content (AvgIpc) is 2.84. The van der Waals surface area contributed by atoms with E-state index in [4.69, 9.17) is 21.6 Å². The molecular weight excluding hydrogens is 370 g/mol. The van der Waals surface area contributed by atoms with Crippen molar-refractivity contribution in [3.05, 3.63) is 26.1 Å². The van der Waals surface area contributed by atoms with E-state index < -0.39 is 0 Å². The van der Waals surface area contributed by atoms with Crippen LogP contribution < -0.4 is 5.32 Å². The smallest absolute Gasteiger partial charge is 0.171 e. The molecule has 0 bridgehead atoms. The summed E-state index contributed by atoms with van der Waals surface area (Å²) in [5.74, 6) is 1.80. The van der Waals surface area contributed by atoms with Gasteiger partial charge < -0.3 is 5.32 Å². The molecule has 2 heterocycles. The van der Waals surface area contributed by atoms with Gasteiger partial charge in [-0.15, -0.1) is 11.3 Å². The second-order valence-corrected chi connectivity index (χ2v) is 7.70. The predicted molar refractivity (Wildman–Crippen MR) is 93.5 cm³/mol. The van der Waals surface area contributed by atoms with E-state index in [0.717, 1.165) is 51.1 Å². The molecule has 1 aliphatic rings. The number of hydrogen-bond acceptors (Lipinski definition) is 4. The van der Waals surface area contributed by atoms with Gasteiger partial charge in [0.15, 0.2) is 5.82 Å². The lowest BCUT2D eigenvalue weighted by molar-refractivity contribution is 0.664. The lowest BCUT2D eigenvalue weighted by atomic mass is 9.96. The van der Waals surface area contributed by atoms with Crippen molar-refractivity contribution in [1.29, 1.82) is 0 Å². The van der Waals surface area contributed by atoms with Gasteiger partial charge in [-0.1, -0.05) is 18.5 Å². The third kappa shape index (κ3) is 3.25. The molecule has 21 heavy (non-hydrogen) atoms. The topological polar surface area (TPSA) is 37.8 Å². The summed E-state index contributed by atoms with van der Waals surface area (Å²) in [6, 6.07) is 2.00. The largest absolute Gasteiger partial charge is 0.370 e. The second kappa shape index (κ2) is 6.63. The van der Waals surface area contributed by atoms with E-state index in [0.29, 0.717) is 0 Å². The lowest BCUT2D eigenvalue weighted by Gasteiger charge is -2.19. The van der Waals surface area contributed by atoms with Crippen LogP contribution in [-0.2, 0) is 12.8 Å². The van der Waals surface area contributed by atoms with E-state index in [1.165, 1.54) is 35.4 Å². The maximum atomic E-state index is 6.15. The maximum absolute atomic E-state index is 6.15. The van der Waals surface area contributed by atoms with E-state index >= 15 is 0 Å². The van der Waals surface area contributed by atoms with Crippen molar-refractivity contribution in [3.8, 4) is 10.7 Å². The summed E-state index contributed by atoms with van der Waals surface area (Å²) in [5.41, 5.74) is 2.51. The molecule has 2 aromatic rings. The highest BCUT2D eigenvalue weighted by Gasteiger charge is 2.19. The molecule has 0 aromatic carbocycles. The SMILES string of the molecule is CCCNc1nc(-c2cc(Br)c(Cl)s2)nc2c1CCCC2. The second-order valence-electron chi connectivity index (χ2n) is 5.19. The molecular formula is C15H17BrClN3S. The van der Waals surface area contributed by atoms with Crippen LogP contribution in [0.4, 0.5) is 5.82 Å². The minimum atomic E-state index is 0.745. The number of aromatic nitrogens is 2. The average molecular weight is 387 g/mol. The minimum absolute atomic E-state index is 0.745. The van der Waals surface area contributed by atoms with E-state index in [-0.39, 0.29) is 0 Å². The van der Waals surface area contributed by atoms with Gasteiger partial charge in [-0.2, -0.15) is 0 Å². The summed E-state index contributed by atoms with van der Waals surface area (Å²) < 4.78 is 1.66. The number of nitrogens with zero attached hydrogens (tertiary/aromatic N) is 2. The summed E-state index contributed by atoms with van der Waals surface area (Å²) in [5, 5.41) is 3.46. The first kappa shape index (κ1) is 15.3. The Morgan fingerprint density at radius 1 is 1.33 bits per heavy atom. The van der Waals surface area contributed by atoms with Crippen LogP contribution in [-0.4, -0.2) is 16.5 Å². The van der Waals surface area contributed by atoms with Gasteiger partial charge in [-0.25, -0.2) is 9.97 Å². The third-order valence-electron chi connectivity index (χ3n) is 3.59. The molecule has 0 saturated carbocycles. The summed E-state index contributed by atoms with van der Waals surface area (Å²) in [6.45, 7) is 3.11. The zero-order chi connectivity index (χ0) is 14.8. The van der Waals surface area contributed by atoms with E-state index in [1.807, 2.05) is 6.07 Å². The quantitative estimate of drug-likeness (QED) is 0.772. The number of fused-ring (bicyclic) bond motifs is 1. The molecule has 112 valence electrons. The number of rotatable bonds is 4. The van der Waals surface area contributed by atoms with Crippen molar-refractivity contribution < 1.29 is 0 Å². The van der Waals surface area contributed by atoms with Crippen LogP contribution in [0, 0.1) is 0 Å². The van der Waals surface area contributed by atoms with Gasteiger partial charge in [-0.05, 0) is 54.1 Å². The Morgan fingerprint density at radius 3 is 2.86 bits per heavy atom. The third-order valence-corrected chi connectivity index (χ3v) is 6.06. The van der Waals surface area contributed by atoms with Gasteiger partial charge in [0.25, 0.3) is 0 Å². The molecule has 0 amide bonds. The van der Waals surface area contributed by atoms with E-state index in [1.54, 1.807) is 0 Å². The van der Waals surface area contributed by atoms with Crippen LogP contribution in [0.2, 0.25) is 4.34 Å². The zero-order valence-corrected chi connectivity index (χ0v) is 15.0. The van der Waals surface area contributed by atoms with Gasteiger partial charge in [0.1, 0.15) is 10.2 Å². The molecule has 0 fully saturated rings. The standard InChI is InChI=1S/C15H17BrClN3S/c1-2-7-18-14-9-5-3-4-6-11(9)19-15(20-14)12-8-10(16)13(17)21-12/h8H,2-7H2,1H3,(H,18,19,20). The van der Waals surface area contributed by atoms with Crippen LogP contribution in [0.15, 0.2) is 10.5 Å². The number of nitrogens with one attached hydrogen (secondary N) is 1. The predicted octanol–water partition coefficient (Wildman–Crippen LogP) is 5.32. The molecule has 3 nitrogen and oxygen atoms in total. The van der Waals surface area contributed by atoms with Crippen molar-refractivity contribution in [2.24, 2.45) is 0 Å². The van der Waals surface area contributed by atoms with Crippen molar-refractivity contribution >= 4 is 44.7 Å². The van der Waals surface area contributed by atoms with Crippen molar-refractivity contribution in [2.75, 3.05) is 11.9 Å². The van der Waals surface area contributed by atoms with Crippen LogP contribution in [0.1, 0.15) is 37.4 Å². The zero-order valence-electron chi connectivity index (χ0n) is 11.9. The van der Waals surface area contributed by atoms with Gasteiger partial charge in [0.2, 0.25) is 0 Å².